The molecule has 1 heterocycles. The van der Waals surface area contributed by atoms with Crippen LogP contribution in [-0.2, 0) is 4.74 Å². The molecule has 1 aliphatic heterocycles. The molecule has 0 amide bonds. The van der Waals surface area contributed by atoms with Gasteiger partial charge in [0, 0.05) is 19.6 Å². The van der Waals surface area contributed by atoms with Crippen LogP contribution < -0.4 is 5.32 Å². The molecule has 1 unspecified atom stereocenters. The van der Waals surface area contributed by atoms with Crippen molar-refractivity contribution < 1.29 is 4.74 Å². The van der Waals surface area contributed by atoms with Gasteiger partial charge in [0.1, 0.15) is 6.04 Å². The standard InChI is InChI=1S/C9H17N3O/c1-2-11-9(7-10)8-12-3-5-13-6-4-12/h9,11H,2-6,8H2,1H3. The minimum Gasteiger partial charge on any atom is -0.379 e. The number of nitriles is 1. The smallest absolute Gasteiger partial charge is 0.108 e. The largest absolute Gasteiger partial charge is 0.379 e. The lowest BCUT2D eigenvalue weighted by atomic mass is 10.3. The van der Waals surface area contributed by atoms with Crippen LogP contribution in [0.3, 0.4) is 0 Å². The minimum absolute atomic E-state index is 0.0388. The summed E-state index contributed by atoms with van der Waals surface area (Å²) in [5.41, 5.74) is 0. The molecule has 13 heavy (non-hydrogen) atoms. The van der Waals surface area contributed by atoms with Crippen molar-refractivity contribution in [3.05, 3.63) is 0 Å². The molecule has 1 N–H and O–H groups in total. The number of nitrogens with zero attached hydrogens (tertiary/aromatic N) is 2. The lowest BCUT2D eigenvalue weighted by Crippen LogP contribution is -2.45. The van der Waals surface area contributed by atoms with Crippen molar-refractivity contribution in [2.45, 2.75) is 13.0 Å². The number of nitrogens with one attached hydrogen (secondary N) is 1. The quantitative estimate of drug-likeness (QED) is 0.657. The van der Waals surface area contributed by atoms with Crippen LogP contribution in [0.15, 0.2) is 0 Å². The maximum Gasteiger partial charge on any atom is 0.108 e. The Morgan fingerprint density at radius 3 is 2.77 bits per heavy atom. The van der Waals surface area contributed by atoms with Gasteiger partial charge in [-0.3, -0.25) is 4.90 Å². The van der Waals surface area contributed by atoms with Gasteiger partial charge in [-0.1, -0.05) is 6.92 Å². The molecule has 0 spiro atoms. The number of rotatable bonds is 4. The van der Waals surface area contributed by atoms with E-state index in [2.05, 4.69) is 16.3 Å². The molecule has 1 saturated heterocycles. The van der Waals surface area contributed by atoms with E-state index in [1.54, 1.807) is 0 Å². The van der Waals surface area contributed by atoms with Gasteiger partial charge in [-0.15, -0.1) is 0 Å². The number of ether oxygens (including phenoxy) is 1. The Bertz CT molecular complexity index is 172. The molecule has 0 bridgehead atoms. The molecular weight excluding hydrogens is 166 g/mol. The molecule has 0 aromatic carbocycles. The van der Waals surface area contributed by atoms with Crippen molar-refractivity contribution in [3.63, 3.8) is 0 Å². The second-order valence-electron chi connectivity index (χ2n) is 3.15. The van der Waals surface area contributed by atoms with Crippen LogP contribution in [0.2, 0.25) is 0 Å². The van der Waals surface area contributed by atoms with Crippen molar-refractivity contribution in [2.75, 3.05) is 39.4 Å². The van der Waals surface area contributed by atoms with E-state index in [1.165, 1.54) is 0 Å². The highest BCUT2D eigenvalue weighted by atomic mass is 16.5. The van der Waals surface area contributed by atoms with Gasteiger partial charge in [0.25, 0.3) is 0 Å². The average molecular weight is 183 g/mol. The molecule has 0 saturated carbocycles. The van der Waals surface area contributed by atoms with E-state index in [9.17, 15) is 0 Å². The highest BCUT2D eigenvalue weighted by Crippen LogP contribution is 1.97. The van der Waals surface area contributed by atoms with Gasteiger partial charge >= 0.3 is 0 Å². The van der Waals surface area contributed by atoms with Crippen LogP contribution >= 0.6 is 0 Å². The first-order chi connectivity index (χ1) is 6.36. The van der Waals surface area contributed by atoms with E-state index in [0.717, 1.165) is 39.4 Å². The van der Waals surface area contributed by atoms with Crippen LogP contribution in [0.1, 0.15) is 6.92 Å². The maximum absolute atomic E-state index is 8.82. The Balaban J connectivity index is 2.24. The third-order valence-corrected chi connectivity index (χ3v) is 2.15. The molecule has 0 aliphatic carbocycles. The molecule has 1 atom stereocenters. The van der Waals surface area contributed by atoms with Gasteiger partial charge in [-0.05, 0) is 6.54 Å². The zero-order chi connectivity index (χ0) is 9.52. The summed E-state index contributed by atoms with van der Waals surface area (Å²) in [6.45, 7) is 7.17. The monoisotopic (exact) mass is 183 g/mol. The van der Waals surface area contributed by atoms with Crippen molar-refractivity contribution in [2.24, 2.45) is 0 Å². The Kier molecular flexibility index (Phi) is 4.76. The van der Waals surface area contributed by atoms with Crippen molar-refractivity contribution in [1.29, 1.82) is 5.26 Å². The highest BCUT2D eigenvalue weighted by molar-refractivity contribution is 4.91. The summed E-state index contributed by atoms with van der Waals surface area (Å²) in [6, 6.07) is 2.22. The Morgan fingerprint density at radius 2 is 2.23 bits per heavy atom. The molecular formula is C9H17N3O. The summed E-state index contributed by atoms with van der Waals surface area (Å²) in [6.07, 6.45) is 0. The van der Waals surface area contributed by atoms with E-state index in [0.29, 0.717) is 0 Å². The van der Waals surface area contributed by atoms with Gasteiger partial charge in [0.15, 0.2) is 0 Å². The molecule has 74 valence electrons. The van der Waals surface area contributed by atoms with Gasteiger partial charge in [0.2, 0.25) is 0 Å². The Hall–Kier alpha value is -0.630. The Morgan fingerprint density at radius 1 is 1.54 bits per heavy atom. The normalized spacial score (nSPS) is 20.9. The predicted octanol–water partition coefficient (Wildman–Crippen LogP) is -0.180. The fourth-order valence-corrected chi connectivity index (χ4v) is 1.44. The summed E-state index contributed by atoms with van der Waals surface area (Å²) >= 11 is 0. The van der Waals surface area contributed by atoms with Gasteiger partial charge in [0.05, 0.1) is 19.3 Å². The summed E-state index contributed by atoms with van der Waals surface area (Å²) in [4.78, 5) is 2.26. The third kappa shape index (κ3) is 3.73. The summed E-state index contributed by atoms with van der Waals surface area (Å²) < 4.78 is 5.23. The van der Waals surface area contributed by atoms with Crippen LogP contribution in [0.5, 0.6) is 0 Å². The first-order valence-electron chi connectivity index (χ1n) is 4.80. The van der Waals surface area contributed by atoms with Crippen molar-refractivity contribution in [1.82, 2.24) is 10.2 Å². The topological polar surface area (TPSA) is 48.3 Å². The van der Waals surface area contributed by atoms with Crippen LogP contribution in [0.25, 0.3) is 0 Å². The summed E-state index contributed by atoms with van der Waals surface area (Å²) in [7, 11) is 0. The Labute approximate surface area is 79.5 Å². The van der Waals surface area contributed by atoms with Gasteiger partial charge < -0.3 is 10.1 Å². The van der Waals surface area contributed by atoms with E-state index in [1.807, 2.05) is 6.92 Å². The van der Waals surface area contributed by atoms with E-state index >= 15 is 0 Å². The second kappa shape index (κ2) is 5.92. The number of morpholine rings is 1. The molecule has 0 aromatic heterocycles. The lowest BCUT2D eigenvalue weighted by Gasteiger charge is -2.28. The third-order valence-electron chi connectivity index (χ3n) is 2.15. The van der Waals surface area contributed by atoms with E-state index < -0.39 is 0 Å². The van der Waals surface area contributed by atoms with Gasteiger partial charge in [-0.2, -0.15) is 5.26 Å². The van der Waals surface area contributed by atoms with E-state index in [4.69, 9.17) is 10.00 Å². The maximum atomic E-state index is 8.82. The predicted molar refractivity (Wildman–Crippen MR) is 50.3 cm³/mol. The number of hydrogen-bond acceptors (Lipinski definition) is 4. The molecule has 4 nitrogen and oxygen atoms in total. The number of likely N-dealkylation sites (N-methyl/N-ethyl adjacent to an activating group) is 1. The molecule has 0 aromatic rings. The SMILES string of the molecule is CCNC(C#N)CN1CCOCC1. The fraction of sp³-hybridized carbons (Fsp3) is 0.889. The lowest BCUT2D eigenvalue weighted by molar-refractivity contribution is 0.0360. The fourth-order valence-electron chi connectivity index (χ4n) is 1.44. The first kappa shape index (κ1) is 10.5. The van der Waals surface area contributed by atoms with Crippen molar-refractivity contribution in [3.8, 4) is 6.07 Å². The molecule has 4 heteroatoms. The van der Waals surface area contributed by atoms with E-state index in [-0.39, 0.29) is 6.04 Å². The second-order valence-corrected chi connectivity index (χ2v) is 3.15. The van der Waals surface area contributed by atoms with Crippen LogP contribution in [0, 0.1) is 11.3 Å². The van der Waals surface area contributed by atoms with Gasteiger partial charge in [-0.25, -0.2) is 0 Å². The highest BCUT2D eigenvalue weighted by Gasteiger charge is 2.14. The number of hydrogen-bond donors (Lipinski definition) is 1. The minimum atomic E-state index is -0.0388. The zero-order valence-corrected chi connectivity index (χ0v) is 8.12. The van der Waals surface area contributed by atoms with Crippen molar-refractivity contribution >= 4 is 0 Å². The zero-order valence-electron chi connectivity index (χ0n) is 8.12. The molecule has 1 aliphatic rings. The molecule has 1 fully saturated rings. The average Bonchev–Trinajstić information content (AvgIpc) is 2.19. The van der Waals surface area contributed by atoms with Crippen LogP contribution in [0.4, 0.5) is 0 Å². The van der Waals surface area contributed by atoms with Crippen LogP contribution in [-0.4, -0.2) is 50.3 Å². The summed E-state index contributed by atoms with van der Waals surface area (Å²) in [5, 5.41) is 12.0. The first-order valence-corrected chi connectivity index (χ1v) is 4.80. The summed E-state index contributed by atoms with van der Waals surface area (Å²) in [5.74, 6) is 0. The molecule has 0 radical (unpaired) electrons. The molecule has 1 rings (SSSR count).